The summed E-state index contributed by atoms with van der Waals surface area (Å²) in [6.45, 7) is 7.67. The number of carbonyl (C=O) groups excluding carboxylic acids is 3. The third-order valence-corrected chi connectivity index (χ3v) is 14.3. The summed E-state index contributed by atoms with van der Waals surface area (Å²) in [6, 6.07) is 5.10. The number of allylic oxidation sites excluding steroid dienone is 1. The third kappa shape index (κ3) is 7.97. The van der Waals surface area contributed by atoms with Gasteiger partial charge in [-0.2, -0.15) is 4.98 Å². The third-order valence-electron chi connectivity index (χ3n) is 12.1. The summed E-state index contributed by atoms with van der Waals surface area (Å²) in [5.41, 5.74) is -1.55. The molecule has 304 valence electrons. The number of ether oxygens (including phenoxy) is 3. The number of pyridine rings is 1. The molecule has 56 heavy (non-hydrogen) atoms. The highest BCUT2D eigenvalue weighted by atomic mass is 32.2. The van der Waals surface area contributed by atoms with Crippen molar-refractivity contribution in [2.75, 3.05) is 44.9 Å². The Morgan fingerprint density at radius 1 is 1.11 bits per heavy atom. The van der Waals surface area contributed by atoms with Crippen LogP contribution < -0.4 is 29.7 Å². The second kappa shape index (κ2) is 15.4. The van der Waals surface area contributed by atoms with Crippen molar-refractivity contribution in [2.24, 2.45) is 17.8 Å². The topological polar surface area (TPSA) is 206 Å². The Hall–Kier alpha value is -4.64. The minimum absolute atomic E-state index is 0.00215. The van der Waals surface area contributed by atoms with Crippen LogP contribution in [0.4, 0.5) is 10.6 Å². The molecule has 5 aliphatic rings. The van der Waals surface area contributed by atoms with E-state index in [-0.39, 0.29) is 31.2 Å². The standard InChI is InChI=1S/C39H52N6O10S/c1-23-7-5-6-8-26-21-39(26,36(48)43-56(51,52)38(3)11-12-38)42-33(46)30-20-28(22-45(30)35(47)32(24(2)17-23)41-37(49)50)55-34-29-10-9-27(53-4)18-25(29)19-31(40-34)44-13-15-54-16-14-44/h6,8-10,18-19,23-24,26,28,30,32,41H,5,7,11-17,20-22H2,1-4H3,(H,42,46)(H,43,48)(H,49,50)/b8-6-/t23-,24+,26?,28+,30-,32-,39?/m0/s1. The minimum atomic E-state index is -4.01. The number of amides is 4. The first-order valence-corrected chi connectivity index (χ1v) is 20.9. The Labute approximate surface area is 326 Å². The van der Waals surface area contributed by atoms with Gasteiger partial charge in [0.05, 0.1) is 31.6 Å². The Kier molecular flexibility index (Phi) is 10.9. The molecule has 7 rings (SSSR count). The van der Waals surface area contributed by atoms with E-state index < -0.39 is 74.1 Å². The van der Waals surface area contributed by atoms with Crippen LogP contribution in [-0.4, -0.2) is 116 Å². The van der Waals surface area contributed by atoms with Crippen LogP contribution in [0.5, 0.6) is 11.6 Å². The zero-order chi connectivity index (χ0) is 40.0. The smallest absolute Gasteiger partial charge is 0.405 e. The SMILES string of the molecule is COc1ccc2c(O[C@@H]3C[C@H]4C(=O)NC5(C(=O)NS(=O)(=O)C6(C)CC6)CC5/C=C\CC[C@H](C)C[C@@H](C)[C@H](NC(=O)O)C(=O)N4C3)nc(N3CCOCC3)cc2c1. The number of nitrogens with one attached hydrogen (secondary N) is 3. The molecule has 4 N–H and O–H groups in total. The molecule has 4 heterocycles. The number of anilines is 1. The van der Waals surface area contributed by atoms with Crippen LogP contribution >= 0.6 is 0 Å². The number of methoxy groups -OCH3 is 1. The predicted octanol–water partition coefficient (Wildman–Crippen LogP) is 2.95. The largest absolute Gasteiger partial charge is 0.497 e. The lowest BCUT2D eigenvalue weighted by Gasteiger charge is -2.32. The van der Waals surface area contributed by atoms with Gasteiger partial charge in [-0.3, -0.25) is 19.1 Å². The molecule has 2 saturated heterocycles. The van der Waals surface area contributed by atoms with Crippen molar-refractivity contribution >= 4 is 50.4 Å². The second-order valence-electron chi connectivity index (χ2n) is 16.4. The number of hydrogen-bond donors (Lipinski definition) is 4. The van der Waals surface area contributed by atoms with Crippen LogP contribution in [0.1, 0.15) is 65.7 Å². The summed E-state index contributed by atoms with van der Waals surface area (Å²) in [6.07, 6.45) is 4.60. The van der Waals surface area contributed by atoms with Gasteiger partial charge in [0.2, 0.25) is 27.7 Å². The second-order valence-corrected chi connectivity index (χ2v) is 18.6. The Morgan fingerprint density at radius 3 is 2.55 bits per heavy atom. The van der Waals surface area contributed by atoms with E-state index in [0.717, 1.165) is 11.8 Å². The molecule has 0 radical (unpaired) electrons. The molecule has 17 heteroatoms. The number of carboxylic acid groups (broad SMARTS) is 1. The zero-order valence-electron chi connectivity index (χ0n) is 32.3. The van der Waals surface area contributed by atoms with Gasteiger partial charge in [-0.15, -0.1) is 0 Å². The van der Waals surface area contributed by atoms with E-state index in [9.17, 15) is 32.7 Å². The average Bonchev–Trinajstić information content (AvgIpc) is 4.05. The lowest BCUT2D eigenvalue weighted by molar-refractivity contribution is -0.142. The van der Waals surface area contributed by atoms with E-state index in [1.165, 1.54) is 4.90 Å². The molecule has 2 unspecified atom stereocenters. The quantitative estimate of drug-likeness (QED) is 0.285. The van der Waals surface area contributed by atoms with Crippen LogP contribution in [0.25, 0.3) is 10.8 Å². The fourth-order valence-electron chi connectivity index (χ4n) is 8.25. The number of rotatable bonds is 8. The molecule has 1 aromatic carbocycles. The van der Waals surface area contributed by atoms with Crippen molar-refractivity contribution in [3.05, 3.63) is 36.4 Å². The van der Waals surface area contributed by atoms with Gasteiger partial charge in [-0.05, 0) is 86.9 Å². The number of hydrogen-bond acceptors (Lipinski definition) is 11. The van der Waals surface area contributed by atoms with Crippen molar-refractivity contribution < 1.29 is 46.9 Å². The lowest BCUT2D eigenvalue weighted by atomic mass is 9.88. The van der Waals surface area contributed by atoms with Crippen LogP contribution in [0, 0.1) is 17.8 Å². The fraction of sp³-hybridized carbons (Fsp3) is 0.615. The van der Waals surface area contributed by atoms with Gasteiger partial charge < -0.3 is 39.8 Å². The molecule has 1 aromatic heterocycles. The number of aromatic nitrogens is 1. The predicted molar refractivity (Wildman–Crippen MR) is 206 cm³/mol. The van der Waals surface area contributed by atoms with Gasteiger partial charge in [-0.1, -0.05) is 26.0 Å². The maximum atomic E-state index is 14.6. The molecule has 4 amide bonds. The van der Waals surface area contributed by atoms with Gasteiger partial charge >= 0.3 is 6.09 Å². The number of nitrogens with zero attached hydrogens (tertiary/aromatic N) is 3. The first-order valence-electron chi connectivity index (χ1n) is 19.5. The summed E-state index contributed by atoms with van der Waals surface area (Å²) in [5, 5.41) is 16.6. The summed E-state index contributed by atoms with van der Waals surface area (Å²) in [4.78, 5) is 63.4. The zero-order valence-corrected chi connectivity index (χ0v) is 33.1. The molecule has 2 aromatic rings. The van der Waals surface area contributed by atoms with E-state index in [2.05, 4.69) is 20.3 Å². The molecule has 2 aliphatic carbocycles. The highest BCUT2D eigenvalue weighted by Gasteiger charge is 2.63. The van der Waals surface area contributed by atoms with Gasteiger partial charge in [0, 0.05) is 30.8 Å². The highest BCUT2D eigenvalue weighted by molar-refractivity contribution is 7.91. The molecule has 4 fully saturated rings. The first-order chi connectivity index (χ1) is 26.6. The number of fused-ring (bicyclic) bond motifs is 3. The Morgan fingerprint density at radius 2 is 1.86 bits per heavy atom. The number of morpholine rings is 1. The first kappa shape index (κ1) is 39.6. The summed E-state index contributed by atoms with van der Waals surface area (Å²) in [7, 11) is -2.43. The Balaban J connectivity index is 1.23. The molecule has 2 saturated carbocycles. The van der Waals surface area contributed by atoms with E-state index >= 15 is 0 Å². The van der Waals surface area contributed by atoms with E-state index in [0.29, 0.717) is 68.9 Å². The molecule has 0 spiro atoms. The van der Waals surface area contributed by atoms with Gasteiger partial charge in [0.25, 0.3) is 5.91 Å². The van der Waals surface area contributed by atoms with Gasteiger partial charge in [-0.25, -0.2) is 13.2 Å². The monoisotopic (exact) mass is 796 g/mol. The molecular formula is C39H52N6O10S. The maximum absolute atomic E-state index is 14.6. The van der Waals surface area contributed by atoms with Crippen molar-refractivity contribution in [1.82, 2.24) is 25.2 Å². The summed E-state index contributed by atoms with van der Waals surface area (Å²) in [5.74, 6) is -1.26. The molecular weight excluding hydrogens is 745 g/mol. The summed E-state index contributed by atoms with van der Waals surface area (Å²) < 4.78 is 45.3. The normalized spacial score (nSPS) is 31.1. The molecule has 0 bridgehead atoms. The minimum Gasteiger partial charge on any atom is -0.497 e. The molecule has 7 atom stereocenters. The van der Waals surface area contributed by atoms with Crippen LogP contribution in [0.2, 0.25) is 0 Å². The van der Waals surface area contributed by atoms with Gasteiger partial charge in [0.15, 0.2) is 0 Å². The number of benzene rings is 1. The van der Waals surface area contributed by atoms with Gasteiger partial charge in [0.1, 0.15) is 35.3 Å². The average molecular weight is 797 g/mol. The molecule has 16 nitrogen and oxygen atoms in total. The van der Waals surface area contributed by atoms with Crippen molar-refractivity contribution in [2.45, 2.75) is 94.2 Å². The lowest BCUT2D eigenvalue weighted by Crippen LogP contribution is -2.59. The van der Waals surface area contributed by atoms with Crippen molar-refractivity contribution in [1.29, 1.82) is 0 Å². The van der Waals surface area contributed by atoms with E-state index in [1.54, 1.807) is 20.1 Å². The van der Waals surface area contributed by atoms with Crippen LogP contribution in [0.15, 0.2) is 36.4 Å². The van der Waals surface area contributed by atoms with Crippen LogP contribution in [0.3, 0.4) is 0 Å². The van der Waals surface area contributed by atoms with Crippen molar-refractivity contribution in [3.63, 3.8) is 0 Å². The van der Waals surface area contributed by atoms with E-state index in [1.807, 2.05) is 44.2 Å². The number of carbonyl (C=O) groups is 4. The Bertz CT molecular complexity index is 2020. The number of sulfonamides is 1. The fourth-order valence-corrected chi connectivity index (χ4v) is 9.56. The van der Waals surface area contributed by atoms with Crippen molar-refractivity contribution in [3.8, 4) is 11.6 Å². The summed E-state index contributed by atoms with van der Waals surface area (Å²) >= 11 is 0. The highest BCUT2D eigenvalue weighted by Crippen LogP contribution is 2.47. The molecule has 3 aliphatic heterocycles. The van der Waals surface area contributed by atoms with E-state index in [4.69, 9.17) is 19.2 Å². The van der Waals surface area contributed by atoms with Crippen LogP contribution in [-0.2, 0) is 29.1 Å². The maximum Gasteiger partial charge on any atom is 0.405 e.